The van der Waals surface area contributed by atoms with Crippen molar-refractivity contribution in [3.05, 3.63) is 29.8 Å². The van der Waals surface area contributed by atoms with Crippen LogP contribution in [0, 0.1) is 0 Å². The number of rotatable bonds is 5. The minimum Gasteiger partial charge on any atom is -0.406 e. The van der Waals surface area contributed by atoms with E-state index < -0.39 is 29.0 Å². The first-order valence-corrected chi connectivity index (χ1v) is 6.49. The zero-order chi connectivity index (χ0) is 16.8. The van der Waals surface area contributed by atoms with Crippen molar-refractivity contribution in [2.75, 3.05) is 0 Å². The van der Waals surface area contributed by atoms with Crippen LogP contribution in [-0.4, -0.2) is 23.6 Å². The molecular formula is C14H15F3N2O3. The molecule has 1 atom stereocenters. The Balaban J connectivity index is 2.25. The second-order valence-corrected chi connectivity index (χ2v) is 5.55. The van der Waals surface area contributed by atoms with Gasteiger partial charge in [0.2, 0.25) is 5.91 Å². The molecule has 0 spiro atoms. The van der Waals surface area contributed by atoms with E-state index in [0.717, 1.165) is 12.1 Å². The molecule has 0 unspecified atom stereocenters. The number of hydrogen-bond donors (Lipinski definition) is 2. The maximum atomic E-state index is 12.5. The lowest BCUT2D eigenvalue weighted by Crippen LogP contribution is -2.59. The van der Waals surface area contributed by atoms with E-state index in [1.807, 2.05) is 0 Å². The average molecular weight is 316 g/mol. The molecule has 1 aliphatic carbocycles. The Morgan fingerprint density at radius 2 is 1.68 bits per heavy atom. The molecule has 1 aliphatic rings. The summed E-state index contributed by atoms with van der Waals surface area (Å²) in [6, 6.07) is 4.97. The number of nitrogens with two attached hydrogens (primary N) is 2. The number of Topliss-reactive ketones (excluding diaryl/α,β-unsaturated/α-hetero) is 1. The van der Waals surface area contributed by atoms with E-state index in [1.165, 1.54) is 19.1 Å². The van der Waals surface area contributed by atoms with Gasteiger partial charge in [-0.05, 0) is 37.5 Å². The molecule has 4 N–H and O–H groups in total. The first-order valence-electron chi connectivity index (χ1n) is 6.49. The fourth-order valence-electron chi connectivity index (χ4n) is 2.36. The number of amides is 1. The molecule has 22 heavy (non-hydrogen) atoms. The lowest BCUT2D eigenvalue weighted by Gasteiger charge is -2.25. The summed E-state index contributed by atoms with van der Waals surface area (Å²) >= 11 is 0. The minimum absolute atomic E-state index is 0.384. The molecule has 120 valence electrons. The molecule has 1 fully saturated rings. The summed E-state index contributed by atoms with van der Waals surface area (Å²) < 4.78 is 40.1. The zero-order valence-corrected chi connectivity index (χ0v) is 11.7. The number of primary amides is 1. The highest BCUT2D eigenvalue weighted by Gasteiger charge is 2.57. The van der Waals surface area contributed by atoms with Gasteiger partial charge in [-0.15, -0.1) is 13.2 Å². The number of benzene rings is 1. The Labute approximate surface area is 124 Å². The normalized spacial score (nSPS) is 19.1. The van der Waals surface area contributed by atoms with Crippen LogP contribution in [0.4, 0.5) is 13.2 Å². The second kappa shape index (κ2) is 4.98. The van der Waals surface area contributed by atoms with E-state index in [0.29, 0.717) is 18.4 Å². The molecule has 2 rings (SSSR count). The predicted molar refractivity (Wildman–Crippen MR) is 70.8 cm³/mol. The quantitative estimate of drug-likeness (QED) is 0.802. The average Bonchev–Trinajstić information content (AvgIpc) is 3.18. The maximum absolute atomic E-state index is 12.5. The van der Waals surface area contributed by atoms with Crippen LogP contribution in [-0.2, 0) is 15.0 Å². The Hall–Kier alpha value is -2.09. The van der Waals surface area contributed by atoms with Gasteiger partial charge in [0.1, 0.15) is 5.75 Å². The van der Waals surface area contributed by atoms with Gasteiger partial charge in [-0.1, -0.05) is 12.1 Å². The zero-order valence-electron chi connectivity index (χ0n) is 11.7. The SMILES string of the molecule is C[C@](N)(C(N)=O)C(=O)C1(c2ccc(OC(F)(F)F)cc2)CC1. The third-order valence-electron chi connectivity index (χ3n) is 3.81. The number of ketones is 1. The van der Waals surface area contributed by atoms with Crippen LogP contribution in [0.5, 0.6) is 5.75 Å². The van der Waals surface area contributed by atoms with Crippen molar-refractivity contribution in [1.29, 1.82) is 0 Å². The molecular weight excluding hydrogens is 301 g/mol. The smallest absolute Gasteiger partial charge is 0.406 e. The number of carbonyl (C=O) groups is 2. The number of ether oxygens (including phenoxy) is 1. The topological polar surface area (TPSA) is 95.4 Å². The first-order chi connectivity index (χ1) is 9.99. The number of hydrogen-bond acceptors (Lipinski definition) is 4. The molecule has 0 bridgehead atoms. The summed E-state index contributed by atoms with van der Waals surface area (Å²) in [6.45, 7) is 1.23. The number of carbonyl (C=O) groups excluding carboxylic acids is 2. The molecule has 1 amide bonds. The van der Waals surface area contributed by atoms with E-state index in [4.69, 9.17) is 11.5 Å². The van der Waals surface area contributed by atoms with Gasteiger partial charge in [-0.2, -0.15) is 0 Å². The molecule has 1 saturated carbocycles. The van der Waals surface area contributed by atoms with Crippen LogP contribution in [0.2, 0.25) is 0 Å². The summed E-state index contributed by atoms with van der Waals surface area (Å²) in [5.74, 6) is -1.86. The molecule has 8 heteroatoms. The summed E-state index contributed by atoms with van der Waals surface area (Å²) in [6.07, 6.45) is -3.85. The summed E-state index contributed by atoms with van der Waals surface area (Å²) in [5.41, 5.74) is 8.53. The lowest BCUT2D eigenvalue weighted by atomic mass is 9.80. The minimum atomic E-state index is -4.78. The van der Waals surface area contributed by atoms with E-state index in [2.05, 4.69) is 4.74 Å². The van der Waals surface area contributed by atoms with E-state index in [9.17, 15) is 22.8 Å². The van der Waals surface area contributed by atoms with Crippen LogP contribution >= 0.6 is 0 Å². The molecule has 5 nitrogen and oxygen atoms in total. The van der Waals surface area contributed by atoms with Crippen LogP contribution in [0.3, 0.4) is 0 Å². The summed E-state index contributed by atoms with van der Waals surface area (Å²) in [4.78, 5) is 23.8. The van der Waals surface area contributed by atoms with Gasteiger partial charge in [0, 0.05) is 0 Å². The second-order valence-electron chi connectivity index (χ2n) is 5.55. The van der Waals surface area contributed by atoms with Gasteiger partial charge in [-0.3, -0.25) is 9.59 Å². The monoisotopic (exact) mass is 316 g/mol. The molecule has 1 aromatic rings. The van der Waals surface area contributed by atoms with Crippen LogP contribution < -0.4 is 16.2 Å². The van der Waals surface area contributed by atoms with E-state index in [1.54, 1.807) is 0 Å². The van der Waals surface area contributed by atoms with Gasteiger partial charge < -0.3 is 16.2 Å². The molecule has 0 aromatic heterocycles. The van der Waals surface area contributed by atoms with Crippen LogP contribution in [0.25, 0.3) is 0 Å². The van der Waals surface area contributed by atoms with Crippen molar-refractivity contribution in [2.24, 2.45) is 11.5 Å². The third kappa shape index (κ3) is 2.92. The molecule has 0 aliphatic heterocycles. The molecule has 0 saturated heterocycles. The fourth-order valence-corrected chi connectivity index (χ4v) is 2.36. The Kier molecular flexibility index (Phi) is 3.68. The van der Waals surface area contributed by atoms with Crippen molar-refractivity contribution in [3.8, 4) is 5.75 Å². The Morgan fingerprint density at radius 3 is 2.05 bits per heavy atom. The molecule has 0 radical (unpaired) electrons. The van der Waals surface area contributed by atoms with Crippen molar-refractivity contribution in [3.63, 3.8) is 0 Å². The van der Waals surface area contributed by atoms with Gasteiger partial charge in [-0.25, -0.2) is 0 Å². The first kappa shape index (κ1) is 16.3. The van der Waals surface area contributed by atoms with Crippen molar-refractivity contribution >= 4 is 11.7 Å². The Bertz CT molecular complexity index is 605. The highest BCUT2D eigenvalue weighted by molar-refractivity contribution is 6.14. The van der Waals surface area contributed by atoms with Gasteiger partial charge in [0.25, 0.3) is 0 Å². The maximum Gasteiger partial charge on any atom is 0.573 e. The highest BCUT2D eigenvalue weighted by atomic mass is 19.4. The van der Waals surface area contributed by atoms with Crippen LogP contribution in [0.1, 0.15) is 25.3 Å². The lowest BCUT2D eigenvalue weighted by molar-refractivity contribution is -0.274. The van der Waals surface area contributed by atoms with Crippen molar-refractivity contribution in [2.45, 2.75) is 37.1 Å². The highest BCUT2D eigenvalue weighted by Crippen LogP contribution is 2.51. The fraction of sp³-hybridized carbons (Fsp3) is 0.429. The summed E-state index contributed by atoms with van der Waals surface area (Å²) in [5, 5.41) is 0. The van der Waals surface area contributed by atoms with E-state index >= 15 is 0 Å². The molecule has 1 aromatic carbocycles. The number of halogens is 3. The van der Waals surface area contributed by atoms with Gasteiger partial charge in [0.05, 0.1) is 5.41 Å². The predicted octanol–water partition coefficient (Wildman–Crippen LogP) is 1.39. The number of alkyl halides is 3. The molecule has 0 heterocycles. The largest absolute Gasteiger partial charge is 0.573 e. The van der Waals surface area contributed by atoms with Gasteiger partial charge in [0.15, 0.2) is 11.3 Å². The van der Waals surface area contributed by atoms with E-state index in [-0.39, 0.29) is 5.75 Å². The van der Waals surface area contributed by atoms with Crippen molar-refractivity contribution in [1.82, 2.24) is 0 Å². The van der Waals surface area contributed by atoms with Gasteiger partial charge >= 0.3 is 6.36 Å². The Morgan fingerprint density at radius 1 is 1.18 bits per heavy atom. The van der Waals surface area contributed by atoms with Crippen LogP contribution in [0.15, 0.2) is 24.3 Å². The standard InChI is InChI=1S/C14H15F3N2O3/c1-12(19,11(18)21)10(20)13(6-7-13)8-2-4-9(5-3-8)22-14(15,16)17/h2-5H,6-7,19H2,1H3,(H2,18,21)/t12-/m1/s1. The summed E-state index contributed by atoms with van der Waals surface area (Å²) in [7, 11) is 0. The van der Waals surface area contributed by atoms with Crippen molar-refractivity contribution < 1.29 is 27.5 Å². The third-order valence-corrected chi connectivity index (χ3v) is 3.81.